The van der Waals surface area contributed by atoms with Crippen LogP contribution < -0.4 is 5.73 Å². The summed E-state index contributed by atoms with van der Waals surface area (Å²) in [5.74, 6) is 0.0821. The van der Waals surface area contributed by atoms with E-state index in [-0.39, 0.29) is 31.0 Å². The molecular weight excluding hydrogens is 140 g/mol. The third-order valence-corrected chi connectivity index (χ3v) is 0.572. The standard InChI is InChI=1S/C5H12N2O.ClH/c1-4(2)8-3-5(6)7;/h4H,3H2,1-2H3,(H3,6,7);1H. The Morgan fingerprint density at radius 1 is 1.67 bits per heavy atom. The van der Waals surface area contributed by atoms with E-state index in [1.165, 1.54) is 0 Å². The topological polar surface area (TPSA) is 59.1 Å². The van der Waals surface area contributed by atoms with E-state index >= 15 is 0 Å². The zero-order chi connectivity index (χ0) is 6.57. The van der Waals surface area contributed by atoms with Gasteiger partial charge in [-0.15, -0.1) is 12.4 Å². The van der Waals surface area contributed by atoms with Crippen LogP contribution in [0.25, 0.3) is 0 Å². The molecule has 0 spiro atoms. The van der Waals surface area contributed by atoms with Gasteiger partial charge >= 0.3 is 0 Å². The summed E-state index contributed by atoms with van der Waals surface area (Å²) in [7, 11) is 0. The van der Waals surface area contributed by atoms with Crippen LogP contribution in [0.15, 0.2) is 0 Å². The molecule has 0 amide bonds. The Morgan fingerprint density at radius 2 is 2.11 bits per heavy atom. The predicted molar refractivity (Wildman–Crippen MR) is 40.3 cm³/mol. The summed E-state index contributed by atoms with van der Waals surface area (Å²) in [4.78, 5) is 0. The van der Waals surface area contributed by atoms with E-state index in [9.17, 15) is 0 Å². The first-order chi connectivity index (χ1) is 3.63. The molecule has 3 N–H and O–H groups in total. The van der Waals surface area contributed by atoms with Crippen molar-refractivity contribution in [2.75, 3.05) is 6.61 Å². The minimum atomic E-state index is 0. The van der Waals surface area contributed by atoms with E-state index in [4.69, 9.17) is 15.9 Å². The summed E-state index contributed by atoms with van der Waals surface area (Å²) in [5, 5.41) is 6.74. The third kappa shape index (κ3) is 11.3. The summed E-state index contributed by atoms with van der Waals surface area (Å²) in [6.07, 6.45) is 0.166. The number of rotatable bonds is 3. The van der Waals surface area contributed by atoms with Crippen molar-refractivity contribution in [3.8, 4) is 0 Å². The maximum atomic E-state index is 6.74. The lowest BCUT2D eigenvalue weighted by molar-refractivity contribution is 0.110. The Hall–Kier alpha value is -0.280. The largest absolute Gasteiger partial charge is 0.386 e. The van der Waals surface area contributed by atoms with Crippen molar-refractivity contribution in [3.05, 3.63) is 0 Å². The molecule has 0 rings (SSSR count). The van der Waals surface area contributed by atoms with Gasteiger partial charge in [0.1, 0.15) is 12.4 Å². The first-order valence-electron chi connectivity index (χ1n) is 2.57. The molecule has 0 saturated carbocycles. The van der Waals surface area contributed by atoms with Crippen LogP contribution >= 0.6 is 12.4 Å². The van der Waals surface area contributed by atoms with Crippen LogP contribution in [0.1, 0.15) is 13.8 Å². The molecular formula is C5H13ClN2O. The van der Waals surface area contributed by atoms with E-state index in [1.54, 1.807) is 0 Å². The van der Waals surface area contributed by atoms with Crippen LogP contribution in [-0.2, 0) is 4.74 Å². The second-order valence-corrected chi connectivity index (χ2v) is 1.88. The SMILES string of the molecule is CC(C)OCC(=N)N.Cl. The molecule has 0 aliphatic rings. The number of hydrogen-bond donors (Lipinski definition) is 2. The van der Waals surface area contributed by atoms with E-state index in [2.05, 4.69) is 0 Å². The number of amidine groups is 1. The van der Waals surface area contributed by atoms with Crippen molar-refractivity contribution < 1.29 is 4.74 Å². The van der Waals surface area contributed by atoms with Gasteiger partial charge in [0.2, 0.25) is 0 Å². The molecule has 3 nitrogen and oxygen atoms in total. The van der Waals surface area contributed by atoms with Gasteiger partial charge in [-0.25, -0.2) is 0 Å². The molecule has 0 saturated heterocycles. The van der Waals surface area contributed by atoms with Gasteiger partial charge < -0.3 is 10.5 Å². The van der Waals surface area contributed by atoms with Crippen molar-refractivity contribution in [2.24, 2.45) is 5.73 Å². The van der Waals surface area contributed by atoms with Crippen LogP contribution in [0.4, 0.5) is 0 Å². The Bertz CT molecular complexity index is 85.0. The number of nitrogens with two attached hydrogens (primary N) is 1. The summed E-state index contributed by atoms with van der Waals surface area (Å²) < 4.78 is 4.95. The molecule has 4 heteroatoms. The molecule has 0 heterocycles. The highest BCUT2D eigenvalue weighted by atomic mass is 35.5. The molecule has 0 radical (unpaired) electrons. The molecule has 0 unspecified atom stereocenters. The summed E-state index contributed by atoms with van der Waals surface area (Å²) in [6, 6.07) is 0. The number of nitrogens with one attached hydrogen (secondary N) is 1. The first-order valence-corrected chi connectivity index (χ1v) is 2.57. The lowest BCUT2D eigenvalue weighted by Crippen LogP contribution is -2.19. The van der Waals surface area contributed by atoms with Gasteiger partial charge in [0.15, 0.2) is 0 Å². The van der Waals surface area contributed by atoms with E-state index in [0.29, 0.717) is 0 Å². The summed E-state index contributed by atoms with van der Waals surface area (Å²) >= 11 is 0. The number of ether oxygens (including phenoxy) is 1. The smallest absolute Gasteiger partial charge is 0.117 e. The van der Waals surface area contributed by atoms with Crippen LogP contribution in [0.2, 0.25) is 0 Å². The molecule has 0 aliphatic carbocycles. The molecule has 0 aromatic carbocycles. The highest BCUT2D eigenvalue weighted by Gasteiger charge is 1.92. The van der Waals surface area contributed by atoms with Crippen LogP contribution in [-0.4, -0.2) is 18.5 Å². The van der Waals surface area contributed by atoms with E-state index in [1.807, 2.05) is 13.8 Å². The molecule has 0 bridgehead atoms. The zero-order valence-electron chi connectivity index (χ0n) is 5.68. The Morgan fingerprint density at radius 3 is 2.22 bits per heavy atom. The van der Waals surface area contributed by atoms with Gasteiger partial charge in [0.25, 0.3) is 0 Å². The van der Waals surface area contributed by atoms with Gasteiger partial charge in [0, 0.05) is 0 Å². The maximum Gasteiger partial charge on any atom is 0.117 e. The van der Waals surface area contributed by atoms with Crippen molar-refractivity contribution >= 4 is 18.2 Å². The molecule has 9 heavy (non-hydrogen) atoms. The molecule has 0 aromatic rings. The fraction of sp³-hybridized carbons (Fsp3) is 0.800. The fourth-order valence-electron chi connectivity index (χ4n) is 0.256. The predicted octanol–water partition coefficient (Wildman–Crippen LogP) is 0.769. The van der Waals surface area contributed by atoms with Crippen LogP contribution in [0.3, 0.4) is 0 Å². The number of halogens is 1. The lowest BCUT2D eigenvalue weighted by Gasteiger charge is -2.03. The quantitative estimate of drug-likeness (QED) is 0.464. The zero-order valence-corrected chi connectivity index (χ0v) is 6.49. The number of hydrogen-bond acceptors (Lipinski definition) is 2. The van der Waals surface area contributed by atoms with Gasteiger partial charge in [-0.05, 0) is 13.8 Å². The van der Waals surface area contributed by atoms with E-state index < -0.39 is 0 Å². The van der Waals surface area contributed by atoms with Gasteiger partial charge in [-0.2, -0.15) is 0 Å². The second kappa shape index (κ2) is 5.85. The fourth-order valence-corrected chi connectivity index (χ4v) is 0.256. The van der Waals surface area contributed by atoms with Gasteiger partial charge in [-0.3, -0.25) is 5.41 Å². The second-order valence-electron chi connectivity index (χ2n) is 1.88. The Labute approximate surface area is 61.5 Å². The summed E-state index contributed by atoms with van der Waals surface area (Å²) in [6.45, 7) is 4.06. The molecule has 56 valence electrons. The normalized spacial score (nSPS) is 8.78. The Balaban J connectivity index is 0. The van der Waals surface area contributed by atoms with Crippen molar-refractivity contribution in [1.82, 2.24) is 0 Å². The highest BCUT2D eigenvalue weighted by molar-refractivity contribution is 5.85. The van der Waals surface area contributed by atoms with Crippen LogP contribution in [0, 0.1) is 5.41 Å². The monoisotopic (exact) mass is 152 g/mol. The molecule has 0 aromatic heterocycles. The van der Waals surface area contributed by atoms with Crippen molar-refractivity contribution in [2.45, 2.75) is 20.0 Å². The first kappa shape index (κ1) is 11.5. The minimum Gasteiger partial charge on any atom is -0.386 e. The average molecular weight is 153 g/mol. The summed E-state index contributed by atoms with van der Waals surface area (Å²) in [5.41, 5.74) is 5.00. The third-order valence-electron chi connectivity index (χ3n) is 0.572. The average Bonchev–Trinajstić information content (AvgIpc) is 1.61. The molecule has 0 atom stereocenters. The molecule has 0 aliphatic heterocycles. The maximum absolute atomic E-state index is 6.74. The molecule has 0 fully saturated rings. The van der Waals surface area contributed by atoms with E-state index in [0.717, 1.165) is 0 Å². The van der Waals surface area contributed by atoms with Crippen molar-refractivity contribution in [3.63, 3.8) is 0 Å². The van der Waals surface area contributed by atoms with Crippen molar-refractivity contribution in [1.29, 1.82) is 5.41 Å². The Kier molecular flexibility index (Phi) is 7.48. The van der Waals surface area contributed by atoms with Crippen LogP contribution in [0.5, 0.6) is 0 Å². The highest BCUT2D eigenvalue weighted by Crippen LogP contribution is 1.84. The minimum absolute atomic E-state index is 0. The van der Waals surface area contributed by atoms with Gasteiger partial charge in [-0.1, -0.05) is 0 Å². The lowest BCUT2D eigenvalue weighted by atomic mass is 10.5. The van der Waals surface area contributed by atoms with Gasteiger partial charge in [0.05, 0.1) is 6.10 Å².